The van der Waals surface area contributed by atoms with Crippen molar-refractivity contribution in [2.75, 3.05) is 41.8 Å². The molecule has 2 N–H and O–H groups in total. The number of hydrogen-bond donors (Lipinski definition) is 2. The van der Waals surface area contributed by atoms with Crippen LogP contribution in [0.3, 0.4) is 0 Å². The Hall–Kier alpha value is -3.13. The average Bonchev–Trinajstić information content (AvgIpc) is 3.23. The standard InChI is InChI=1S/C20H24N6O2/c1-14-5-6-15(2)17(12-14)22-19-23-18(21-13-16-4-3-9-28-16)24-20(25-19)26-7-10-27-11-8-26/h3-6,9,12H,7-8,10-11,13H2,1-2H3,(H2,21,22,23,24,25). The fourth-order valence-electron chi connectivity index (χ4n) is 2.97. The lowest BCUT2D eigenvalue weighted by Gasteiger charge is -2.27. The molecule has 0 bridgehead atoms. The lowest BCUT2D eigenvalue weighted by atomic mass is 10.1. The van der Waals surface area contributed by atoms with Gasteiger partial charge in [0.1, 0.15) is 5.76 Å². The van der Waals surface area contributed by atoms with E-state index in [9.17, 15) is 0 Å². The molecule has 1 aromatic carbocycles. The number of nitrogens with zero attached hydrogens (tertiary/aromatic N) is 4. The van der Waals surface area contributed by atoms with E-state index in [1.54, 1.807) is 6.26 Å². The van der Waals surface area contributed by atoms with Gasteiger partial charge in [0.25, 0.3) is 0 Å². The number of furan rings is 1. The molecule has 0 amide bonds. The number of aromatic nitrogens is 3. The second-order valence-corrected chi connectivity index (χ2v) is 6.76. The average molecular weight is 380 g/mol. The predicted molar refractivity (Wildman–Crippen MR) is 108 cm³/mol. The summed E-state index contributed by atoms with van der Waals surface area (Å²) in [6, 6.07) is 10.0. The van der Waals surface area contributed by atoms with Gasteiger partial charge in [-0.25, -0.2) is 0 Å². The summed E-state index contributed by atoms with van der Waals surface area (Å²) in [5.74, 6) is 2.46. The van der Waals surface area contributed by atoms with E-state index in [0.29, 0.717) is 37.6 Å². The molecule has 0 spiro atoms. The zero-order chi connectivity index (χ0) is 19.3. The van der Waals surface area contributed by atoms with Crippen LogP contribution in [0.25, 0.3) is 0 Å². The quantitative estimate of drug-likeness (QED) is 0.674. The van der Waals surface area contributed by atoms with Crippen LogP contribution in [0, 0.1) is 13.8 Å². The maximum absolute atomic E-state index is 5.45. The first-order valence-corrected chi connectivity index (χ1v) is 9.37. The Morgan fingerprint density at radius 3 is 2.64 bits per heavy atom. The number of ether oxygens (including phenoxy) is 1. The molecule has 146 valence electrons. The topological polar surface area (TPSA) is 88.3 Å². The lowest BCUT2D eigenvalue weighted by molar-refractivity contribution is 0.122. The minimum absolute atomic E-state index is 0.501. The van der Waals surface area contributed by atoms with E-state index in [2.05, 4.69) is 62.5 Å². The van der Waals surface area contributed by atoms with E-state index in [0.717, 1.165) is 30.1 Å². The Kier molecular flexibility index (Phi) is 5.38. The molecule has 8 nitrogen and oxygen atoms in total. The van der Waals surface area contributed by atoms with Gasteiger partial charge in [0.2, 0.25) is 17.8 Å². The van der Waals surface area contributed by atoms with Crippen LogP contribution in [0.5, 0.6) is 0 Å². The van der Waals surface area contributed by atoms with Gasteiger partial charge in [-0.1, -0.05) is 12.1 Å². The van der Waals surface area contributed by atoms with E-state index in [-0.39, 0.29) is 0 Å². The maximum Gasteiger partial charge on any atom is 0.233 e. The second-order valence-electron chi connectivity index (χ2n) is 6.76. The Bertz CT molecular complexity index is 922. The monoisotopic (exact) mass is 380 g/mol. The largest absolute Gasteiger partial charge is 0.467 e. The van der Waals surface area contributed by atoms with Crippen molar-refractivity contribution in [3.8, 4) is 0 Å². The normalized spacial score (nSPS) is 14.1. The fraction of sp³-hybridized carbons (Fsp3) is 0.350. The Balaban J connectivity index is 1.61. The number of hydrogen-bond acceptors (Lipinski definition) is 8. The molecule has 1 fully saturated rings. The third-order valence-corrected chi connectivity index (χ3v) is 4.56. The van der Waals surface area contributed by atoms with E-state index in [1.165, 1.54) is 5.56 Å². The Morgan fingerprint density at radius 1 is 1.04 bits per heavy atom. The molecule has 0 radical (unpaired) electrons. The van der Waals surface area contributed by atoms with Gasteiger partial charge in [0.05, 0.1) is 26.0 Å². The van der Waals surface area contributed by atoms with Crippen molar-refractivity contribution in [1.82, 2.24) is 15.0 Å². The van der Waals surface area contributed by atoms with Gasteiger partial charge in [-0.05, 0) is 43.2 Å². The summed E-state index contributed by atoms with van der Waals surface area (Å²) < 4.78 is 10.8. The summed E-state index contributed by atoms with van der Waals surface area (Å²) in [4.78, 5) is 15.9. The van der Waals surface area contributed by atoms with Crippen LogP contribution >= 0.6 is 0 Å². The van der Waals surface area contributed by atoms with Crippen LogP contribution < -0.4 is 15.5 Å². The first kappa shape index (κ1) is 18.2. The molecule has 0 unspecified atom stereocenters. The first-order chi connectivity index (χ1) is 13.7. The number of nitrogens with one attached hydrogen (secondary N) is 2. The van der Waals surface area contributed by atoms with Crippen molar-refractivity contribution in [2.45, 2.75) is 20.4 Å². The van der Waals surface area contributed by atoms with Crippen molar-refractivity contribution in [2.24, 2.45) is 0 Å². The van der Waals surface area contributed by atoms with E-state index >= 15 is 0 Å². The smallest absolute Gasteiger partial charge is 0.233 e. The van der Waals surface area contributed by atoms with Gasteiger partial charge in [-0.3, -0.25) is 0 Å². The Labute approximate surface area is 164 Å². The predicted octanol–water partition coefficient (Wildman–Crippen LogP) is 3.27. The number of benzene rings is 1. The summed E-state index contributed by atoms with van der Waals surface area (Å²) in [5.41, 5.74) is 3.28. The molecule has 0 aliphatic carbocycles. The van der Waals surface area contributed by atoms with Gasteiger partial charge in [-0.15, -0.1) is 0 Å². The molecule has 3 heterocycles. The third-order valence-electron chi connectivity index (χ3n) is 4.56. The zero-order valence-electron chi connectivity index (χ0n) is 16.1. The van der Waals surface area contributed by atoms with Crippen LogP contribution in [0.15, 0.2) is 41.0 Å². The molecule has 3 aromatic rings. The van der Waals surface area contributed by atoms with Crippen LogP contribution in [0.1, 0.15) is 16.9 Å². The van der Waals surface area contributed by atoms with Crippen molar-refractivity contribution in [1.29, 1.82) is 0 Å². The van der Waals surface area contributed by atoms with Gasteiger partial charge >= 0.3 is 0 Å². The summed E-state index contributed by atoms with van der Waals surface area (Å²) in [6.07, 6.45) is 1.65. The molecule has 28 heavy (non-hydrogen) atoms. The highest BCUT2D eigenvalue weighted by molar-refractivity contribution is 5.61. The van der Waals surface area contributed by atoms with Crippen molar-refractivity contribution >= 4 is 23.5 Å². The van der Waals surface area contributed by atoms with Gasteiger partial charge in [0.15, 0.2) is 0 Å². The van der Waals surface area contributed by atoms with Crippen LogP contribution in [0.4, 0.5) is 23.5 Å². The van der Waals surface area contributed by atoms with Crippen molar-refractivity contribution in [3.05, 3.63) is 53.5 Å². The number of anilines is 4. The lowest BCUT2D eigenvalue weighted by Crippen LogP contribution is -2.37. The van der Waals surface area contributed by atoms with Gasteiger partial charge in [-0.2, -0.15) is 15.0 Å². The molecule has 1 aliphatic heterocycles. The second kappa shape index (κ2) is 8.26. The van der Waals surface area contributed by atoms with Crippen molar-refractivity contribution in [3.63, 3.8) is 0 Å². The molecule has 2 aromatic heterocycles. The van der Waals surface area contributed by atoms with E-state index < -0.39 is 0 Å². The minimum Gasteiger partial charge on any atom is -0.467 e. The van der Waals surface area contributed by atoms with Crippen LogP contribution in [-0.4, -0.2) is 41.3 Å². The highest BCUT2D eigenvalue weighted by atomic mass is 16.5. The number of aryl methyl sites for hydroxylation is 2. The highest BCUT2D eigenvalue weighted by Gasteiger charge is 2.17. The molecule has 1 saturated heterocycles. The SMILES string of the molecule is Cc1ccc(C)c(Nc2nc(NCc3ccco3)nc(N3CCOCC3)n2)c1. The molecule has 1 aliphatic rings. The molecular weight excluding hydrogens is 356 g/mol. The van der Waals surface area contributed by atoms with E-state index in [4.69, 9.17) is 9.15 Å². The van der Waals surface area contributed by atoms with Crippen LogP contribution in [0.2, 0.25) is 0 Å². The highest BCUT2D eigenvalue weighted by Crippen LogP contribution is 2.22. The maximum atomic E-state index is 5.45. The Morgan fingerprint density at radius 2 is 1.86 bits per heavy atom. The van der Waals surface area contributed by atoms with Gasteiger partial charge < -0.3 is 24.7 Å². The summed E-state index contributed by atoms with van der Waals surface area (Å²) in [7, 11) is 0. The molecular formula is C20H24N6O2. The fourth-order valence-corrected chi connectivity index (χ4v) is 2.97. The molecule has 8 heteroatoms. The summed E-state index contributed by atoms with van der Waals surface area (Å²) in [5, 5.41) is 6.57. The molecule has 0 saturated carbocycles. The minimum atomic E-state index is 0.501. The molecule has 0 atom stereocenters. The van der Waals surface area contributed by atoms with Gasteiger partial charge in [0, 0.05) is 18.8 Å². The van der Waals surface area contributed by atoms with Crippen LogP contribution in [-0.2, 0) is 11.3 Å². The zero-order valence-corrected chi connectivity index (χ0v) is 16.1. The number of rotatable bonds is 6. The van der Waals surface area contributed by atoms with E-state index in [1.807, 2.05) is 12.1 Å². The summed E-state index contributed by atoms with van der Waals surface area (Å²) >= 11 is 0. The van der Waals surface area contributed by atoms with Crippen molar-refractivity contribution < 1.29 is 9.15 Å². The summed E-state index contributed by atoms with van der Waals surface area (Å²) in [6.45, 7) is 7.47. The third kappa shape index (κ3) is 4.40. The first-order valence-electron chi connectivity index (χ1n) is 9.37. The molecule has 4 rings (SSSR count). The number of morpholine rings is 1.